The number of nitrogens with one attached hydrogen (secondary N) is 2. The number of hydrogen-bond acceptors (Lipinski definition) is 4. The first kappa shape index (κ1) is 26.1. The van der Waals surface area contributed by atoms with Gasteiger partial charge in [0.05, 0.1) is 23.0 Å². The van der Waals surface area contributed by atoms with E-state index in [-0.39, 0.29) is 41.4 Å². The van der Waals surface area contributed by atoms with Crippen LogP contribution in [-0.4, -0.2) is 60.9 Å². The monoisotopic (exact) mass is 504 g/mol. The van der Waals surface area contributed by atoms with Gasteiger partial charge in [-0.2, -0.15) is 13.2 Å². The lowest BCUT2D eigenvalue weighted by molar-refractivity contribution is -0.122. The van der Waals surface area contributed by atoms with Crippen molar-refractivity contribution in [2.24, 2.45) is 11.3 Å². The van der Waals surface area contributed by atoms with Crippen LogP contribution in [0.4, 0.5) is 23.2 Å². The molecule has 1 saturated heterocycles. The summed E-state index contributed by atoms with van der Waals surface area (Å²) in [5.74, 6) is -0.0495. The van der Waals surface area contributed by atoms with E-state index in [0.29, 0.717) is 23.2 Å². The maximum Gasteiger partial charge on any atom is 0.417 e. The molecular formula is C27H32F4N4O. The molecule has 1 saturated carbocycles. The van der Waals surface area contributed by atoms with E-state index in [1.54, 1.807) is 36.4 Å². The van der Waals surface area contributed by atoms with Gasteiger partial charge in [-0.3, -0.25) is 4.79 Å². The van der Waals surface area contributed by atoms with Gasteiger partial charge in [0.1, 0.15) is 6.17 Å². The van der Waals surface area contributed by atoms with Crippen LogP contribution in [0.3, 0.4) is 0 Å². The number of hydrogen-bond donors (Lipinski definition) is 2. The number of carbonyl (C=O) groups is 1. The highest BCUT2D eigenvalue weighted by molar-refractivity contribution is 6.00. The predicted molar refractivity (Wildman–Crippen MR) is 135 cm³/mol. The Bertz CT molecular complexity index is 1190. The van der Waals surface area contributed by atoms with Crippen molar-refractivity contribution in [2.45, 2.75) is 45.1 Å². The van der Waals surface area contributed by atoms with E-state index in [0.717, 1.165) is 13.0 Å². The molecular weight excluding hydrogens is 472 g/mol. The molecule has 3 atom stereocenters. The van der Waals surface area contributed by atoms with Gasteiger partial charge in [0, 0.05) is 42.0 Å². The minimum Gasteiger partial charge on any atom is -0.379 e. The molecule has 1 aliphatic heterocycles. The molecule has 0 bridgehead atoms. The minimum absolute atomic E-state index is 0.0102. The number of amides is 1. The number of benzene rings is 1. The van der Waals surface area contributed by atoms with Crippen LogP contribution in [-0.2, 0) is 4.79 Å². The van der Waals surface area contributed by atoms with Crippen LogP contribution in [0.25, 0.3) is 22.4 Å². The topological polar surface area (TPSA) is 57.3 Å². The average molecular weight is 505 g/mol. The maximum atomic E-state index is 14.7. The number of pyridine rings is 1. The van der Waals surface area contributed by atoms with Gasteiger partial charge in [-0.1, -0.05) is 38.6 Å². The summed E-state index contributed by atoms with van der Waals surface area (Å²) in [7, 11) is 1.86. The van der Waals surface area contributed by atoms with Gasteiger partial charge in [0.2, 0.25) is 5.91 Å². The Morgan fingerprint density at radius 2 is 2.03 bits per heavy atom. The lowest BCUT2D eigenvalue weighted by Gasteiger charge is -2.33. The van der Waals surface area contributed by atoms with Crippen LogP contribution in [0.1, 0.15) is 38.1 Å². The Labute approximate surface area is 208 Å². The van der Waals surface area contributed by atoms with Gasteiger partial charge < -0.3 is 15.5 Å². The number of carbonyl (C=O) groups excluding carboxylic acids is 1. The van der Waals surface area contributed by atoms with Gasteiger partial charge in [-0.15, -0.1) is 0 Å². The molecule has 5 nitrogen and oxygen atoms in total. The molecule has 2 heterocycles. The lowest BCUT2D eigenvalue weighted by Crippen LogP contribution is -2.46. The van der Waals surface area contributed by atoms with E-state index >= 15 is 0 Å². The van der Waals surface area contributed by atoms with Crippen LogP contribution in [0, 0.1) is 11.3 Å². The van der Waals surface area contributed by atoms with Crippen molar-refractivity contribution in [1.82, 2.24) is 15.2 Å². The van der Waals surface area contributed by atoms with E-state index in [9.17, 15) is 22.4 Å². The quantitative estimate of drug-likeness (QED) is 0.493. The number of aromatic nitrogens is 1. The van der Waals surface area contributed by atoms with Crippen molar-refractivity contribution in [1.29, 1.82) is 0 Å². The highest BCUT2D eigenvalue weighted by Crippen LogP contribution is 2.51. The number of alkyl halides is 4. The zero-order valence-corrected chi connectivity index (χ0v) is 20.8. The second-order valence-corrected chi connectivity index (χ2v) is 10.5. The standard InChI is InChI=1S/C27H32F4N4O/c1-16(27(29,30)31)24-18-8-5-9-22(34-23-10-12-35(4)15-21(23)28)19(18)13-17(33-24)7-6-11-32-25(36)20-14-26(20,2)3/h5-9,13,20-21,23,34H,1,10-12,14-15H2,2-4H3,(H,32,36)/b7-6+/t20-,21+,23-/m1/s1. The van der Waals surface area contributed by atoms with Crippen molar-refractivity contribution >= 4 is 34.0 Å². The lowest BCUT2D eigenvalue weighted by atomic mass is 9.99. The number of anilines is 1. The zero-order valence-electron chi connectivity index (χ0n) is 20.8. The van der Waals surface area contributed by atoms with Gasteiger partial charge in [-0.25, -0.2) is 9.37 Å². The second-order valence-electron chi connectivity index (χ2n) is 10.5. The molecule has 0 spiro atoms. The summed E-state index contributed by atoms with van der Waals surface area (Å²) in [5, 5.41) is 6.83. The maximum absolute atomic E-state index is 14.7. The number of likely N-dealkylation sites (tertiary alicyclic amines) is 1. The summed E-state index contributed by atoms with van der Waals surface area (Å²) in [6.45, 7) is 8.57. The smallest absolute Gasteiger partial charge is 0.379 e. The molecule has 1 aromatic carbocycles. The van der Waals surface area contributed by atoms with E-state index < -0.39 is 24.0 Å². The molecule has 2 aromatic rings. The second kappa shape index (κ2) is 9.84. The highest BCUT2D eigenvalue weighted by Gasteiger charge is 2.50. The Hall–Kier alpha value is -2.94. The van der Waals surface area contributed by atoms with Crippen LogP contribution in [0.15, 0.2) is 36.9 Å². The fourth-order valence-electron chi connectivity index (χ4n) is 4.67. The average Bonchev–Trinajstić information content (AvgIpc) is 3.45. The first-order valence-electron chi connectivity index (χ1n) is 12.1. The first-order valence-corrected chi connectivity index (χ1v) is 12.1. The van der Waals surface area contributed by atoms with Crippen molar-refractivity contribution in [3.05, 3.63) is 48.3 Å². The molecule has 4 rings (SSSR count). The van der Waals surface area contributed by atoms with Crippen LogP contribution in [0.5, 0.6) is 0 Å². The van der Waals surface area contributed by atoms with E-state index in [1.165, 1.54) is 0 Å². The number of piperidine rings is 1. The van der Waals surface area contributed by atoms with Crippen molar-refractivity contribution in [3.63, 3.8) is 0 Å². The van der Waals surface area contributed by atoms with Crippen LogP contribution in [0.2, 0.25) is 0 Å². The molecule has 2 N–H and O–H groups in total. The number of nitrogens with zero attached hydrogens (tertiary/aromatic N) is 2. The molecule has 36 heavy (non-hydrogen) atoms. The number of fused-ring (bicyclic) bond motifs is 1. The first-order chi connectivity index (χ1) is 16.9. The summed E-state index contributed by atoms with van der Waals surface area (Å²) < 4.78 is 55.5. The van der Waals surface area contributed by atoms with Crippen LogP contribution < -0.4 is 10.6 Å². The summed E-state index contributed by atoms with van der Waals surface area (Å²) in [6, 6.07) is 6.15. The molecule has 2 aliphatic rings. The number of rotatable bonds is 7. The Balaban J connectivity index is 1.63. The van der Waals surface area contributed by atoms with E-state index in [2.05, 4.69) is 22.2 Å². The largest absolute Gasteiger partial charge is 0.417 e. The molecule has 2 fully saturated rings. The third-order valence-electron chi connectivity index (χ3n) is 7.12. The third-order valence-corrected chi connectivity index (χ3v) is 7.12. The molecule has 1 aromatic heterocycles. The van der Waals surface area contributed by atoms with Crippen molar-refractivity contribution in [2.75, 3.05) is 32.0 Å². The number of allylic oxidation sites excluding steroid dienone is 1. The Kier molecular flexibility index (Phi) is 7.14. The molecule has 1 amide bonds. The van der Waals surface area contributed by atoms with Crippen molar-refractivity contribution in [3.8, 4) is 0 Å². The van der Waals surface area contributed by atoms with E-state index in [1.807, 2.05) is 25.8 Å². The summed E-state index contributed by atoms with van der Waals surface area (Å²) in [5.41, 5.74) is -0.476. The minimum atomic E-state index is -4.66. The van der Waals surface area contributed by atoms with Gasteiger partial charge >= 0.3 is 6.18 Å². The third kappa shape index (κ3) is 5.72. The van der Waals surface area contributed by atoms with E-state index in [4.69, 9.17) is 0 Å². The normalized spacial score (nSPS) is 24.1. The Morgan fingerprint density at radius 1 is 1.31 bits per heavy atom. The molecule has 0 unspecified atom stereocenters. The number of halogens is 4. The fourth-order valence-corrected chi connectivity index (χ4v) is 4.67. The Morgan fingerprint density at radius 3 is 2.67 bits per heavy atom. The molecule has 0 radical (unpaired) electrons. The molecule has 1 aliphatic carbocycles. The highest BCUT2D eigenvalue weighted by atomic mass is 19.4. The summed E-state index contributed by atoms with van der Waals surface area (Å²) in [4.78, 5) is 18.4. The molecule has 194 valence electrons. The molecule has 9 heteroatoms. The predicted octanol–water partition coefficient (Wildman–Crippen LogP) is 5.44. The SMILES string of the molecule is C=C(c1nc(/C=C/CNC(=O)[C@H]2CC2(C)C)cc2c(N[C@@H]3CCN(C)C[C@@H]3F)cccc12)C(F)(F)F. The van der Waals surface area contributed by atoms with Gasteiger partial charge in [0.25, 0.3) is 0 Å². The van der Waals surface area contributed by atoms with Crippen LogP contribution >= 0.6 is 0 Å². The van der Waals surface area contributed by atoms with Gasteiger partial charge in [-0.05, 0) is 43.5 Å². The van der Waals surface area contributed by atoms with Gasteiger partial charge in [0.15, 0.2) is 0 Å². The summed E-state index contributed by atoms with van der Waals surface area (Å²) in [6.07, 6.45) is -1.11. The fraction of sp³-hybridized carbons (Fsp3) is 0.481. The van der Waals surface area contributed by atoms with Crippen molar-refractivity contribution < 1.29 is 22.4 Å². The zero-order chi connectivity index (χ0) is 26.3. The summed E-state index contributed by atoms with van der Waals surface area (Å²) >= 11 is 0.